The van der Waals surface area contributed by atoms with E-state index in [1.165, 1.54) is 24.2 Å². The zero-order valence-corrected chi connectivity index (χ0v) is 16.3. The summed E-state index contributed by atoms with van der Waals surface area (Å²) in [6.07, 6.45) is 2.44. The van der Waals surface area contributed by atoms with Gasteiger partial charge in [-0.05, 0) is 43.7 Å². The van der Waals surface area contributed by atoms with Gasteiger partial charge in [-0.25, -0.2) is 4.98 Å². The number of anilines is 2. The van der Waals surface area contributed by atoms with Gasteiger partial charge in [0.1, 0.15) is 5.82 Å². The Hall–Kier alpha value is -2.15. The summed E-state index contributed by atoms with van der Waals surface area (Å²) >= 11 is 1.54. The van der Waals surface area contributed by atoms with Crippen molar-refractivity contribution in [2.45, 2.75) is 26.7 Å². The molecule has 2 aromatic rings. The molecule has 0 spiro atoms. The predicted octanol–water partition coefficient (Wildman–Crippen LogP) is 2.72. The maximum Gasteiger partial charge on any atom is 0.264 e. The lowest BCUT2D eigenvalue weighted by atomic mass is 10.2. The van der Waals surface area contributed by atoms with Gasteiger partial charge in [-0.15, -0.1) is 11.3 Å². The second-order valence-electron chi connectivity index (χ2n) is 7.13. The molecule has 6 nitrogen and oxygen atoms in total. The van der Waals surface area contributed by atoms with Gasteiger partial charge < -0.3 is 14.7 Å². The summed E-state index contributed by atoms with van der Waals surface area (Å²) < 4.78 is 0. The minimum atomic E-state index is 0.152. The monoisotopic (exact) mass is 371 g/mol. The van der Waals surface area contributed by atoms with Gasteiger partial charge in [0.05, 0.1) is 4.88 Å². The molecule has 2 aromatic heterocycles. The van der Waals surface area contributed by atoms with Gasteiger partial charge in [-0.3, -0.25) is 4.79 Å². The molecule has 2 saturated heterocycles. The summed E-state index contributed by atoms with van der Waals surface area (Å²) in [6, 6.07) is 4.04. The van der Waals surface area contributed by atoms with Crippen molar-refractivity contribution in [3.8, 4) is 0 Å². The first-order chi connectivity index (χ1) is 12.6. The zero-order valence-electron chi connectivity index (χ0n) is 15.4. The van der Waals surface area contributed by atoms with Crippen LogP contribution in [0.3, 0.4) is 0 Å². The van der Waals surface area contributed by atoms with Crippen molar-refractivity contribution in [2.75, 3.05) is 49.1 Å². The molecule has 0 aromatic carbocycles. The van der Waals surface area contributed by atoms with E-state index in [1.54, 1.807) is 0 Å². The number of nitrogens with zero attached hydrogens (tertiary/aromatic N) is 5. The highest BCUT2D eigenvalue weighted by molar-refractivity contribution is 7.12. The molecular weight excluding hydrogens is 346 g/mol. The Morgan fingerprint density at radius 1 is 0.962 bits per heavy atom. The van der Waals surface area contributed by atoms with Crippen molar-refractivity contribution in [3.63, 3.8) is 0 Å². The Morgan fingerprint density at radius 3 is 2.35 bits per heavy atom. The molecule has 7 heteroatoms. The van der Waals surface area contributed by atoms with Crippen LogP contribution < -0.4 is 9.80 Å². The van der Waals surface area contributed by atoms with E-state index < -0.39 is 0 Å². The fraction of sp³-hybridized carbons (Fsp3) is 0.526. The zero-order chi connectivity index (χ0) is 18.1. The SMILES string of the molecule is Cc1csc(C(=O)N2CCN(c3cc(C)nc(N4CCCC4)n3)CC2)c1. The van der Waals surface area contributed by atoms with Crippen LogP contribution in [0, 0.1) is 13.8 Å². The molecule has 26 heavy (non-hydrogen) atoms. The van der Waals surface area contributed by atoms with Crippen LogP contribution in [0.5, 0.6) is 0 Å². The second-order valence-corrected chi connectivity index (χ2v) is 8.04. The minimum absolute atomic E-state index is 0.152. The molecule has 0 unspecified atom stereocenters. The van der Waals surface area contributed by atoms with E-state index in [1.807, 2.05) is 30.2 Å². The van der Waals surface area contributed by atoms with Crippen LogP contribution in [0.2, 0.25) is 0 Å². The van der Waals surface area contributed by atoms with Crippen molar-refractivity contribution >= 4 is 29.0 Å². The van der Waals surface area contributed by atoms with Crippen LogP contribution >= 0.6 is 11.3 Å². The third-order valence-electron chi connectivity index (χ3n) is 5.05. The van der Waals surface area contributed by atoms with Crippen molar-refractivity contribution < 1.29 is 4.79 Å². The van der Waals surface area contributed by atoms with Crippen LogP contribution in [0.25, 0.3) is 0 Å². The fourth-order valence-electron chi connectivity index (χ4n) is 3.60. The lowest BCUT2D eigenvalue weighted by molar-refractivity contribution is 0.0751. The number of rotatable bonds is 3. The smallest absolute Gasteiger partial charge is 0.264 e. The molecule has 4 rings (SSSR count). The lowest BCUT2D eigenvalue weighted by Crippen LogP contribution is -2.49. The molecule has 0 saturated carbocycles. The molecule has 0 atom stereocenters. The van der Waals surface area contributed by atoms with Crippen LogP contribution in [-0.4, -0.2) is 60.0 Å². The Balaban J connectivity index is 1.43. The number of aromatic nitrogens is 2. The Kier molecular flexibility index (Phi) is 4.80. The molecule has 2 aliphatic heterocycles. The van der Waals surface area contributed by atoms with Crippen molar-refractivity contribution in [1.29, 1.82) is 0 Å². The summed E-state index contributed by atoms with van der Waals surface area (Å²) in [5.41, 5.74) is 2.16. The molecule has 0 N–H and O–H groups in total. The first-order valence-corrected chi connectivity index (χ1v) is 10.2. The van der Waals surface area contributed by atoms with E-state index in [9.17, 15) is 4.79 Å². The molecule has 0 aliphatic carbocycles. The summed E-state index contributed by atoms with van der Waals surface area (Å²) in [5, 5.41) is 2.03. The van der Waals surface area contributed by atoms with Crippen molar-refractivity contribution in [2.24, 2.45) is 0 Å². The van der Waals surface area contributed by atoms with Crippen LogP contribution in [0.4, 0.5) is 11.8 Å². The highest BCUT2D eigenvalue weighted by atomic mass is 32.1. The molecule has 4 heterocycles. The molecule has 0 bridgehead atoms. The van der Waals surface area contributed by atoms with Crippen molar-refractivity contribution in [3.05, 3.63) is 33.6 Å². The first-order valence-electron chi connectivity index (χ1n) is 9.30. The van der Waals surface area contributed by atoms with Gasteiger partial charge >= 0.3 is 0 Å². The van der Waals surface area contributed by atoms with Crippen LogP contribution in [0.1, 0.15) is 33.8 Å². The number of hydrogen-bond acceptors (Lipinski definition) is 6. The molecule has 138 valence electrons. The number of aryl methyl sites for hydroxylation is 2. The first kappa shape index (κ1) is 17.3. The van der Waals surface area contributed by atoms with Gasteiger partial charge in [0.25, 0.3) is 5.91 Å². The van der Waals surface area contributed by atoms with E-state index in [2.05, 4.69) is 20.9 Å². The number of carbonyl (C=O) groups excluding carboxylic acids is 1. The predicted molar refractivity (Wildman–Crippen MR) is 105 cm³/mol. The topological polar surface area (TPSA) is 52.6 Å². The highest BCUT2D eigenvalue weighted by Gasteiger charge is 2.25. The second kappa shape index (κ2) is 7.23. The molecular formula is C19H25N5OS. The Labute approximate surface area is 158 Å². The van der Waals surface area contributed by atoms with Gasteiger partial charge in [-0.1, -0.05) is 0 Å². The number of carbonyl (C=O) groups is 1. The highest BCUT2D eigenvalue weighted by Crippen LogP contribution is 2.23. The summed E-state index contributed by atoms with van der Waals surface area (Å²) in [7, 11) is 0. The van der Waals surface area contributed by atoms with E-state index in [-0.39, 0.29) is 5.91 Å². The van der Waals surface area contributed by atoms with Gasteiger partial charge in [-0.2, -0.15) is 4.98 Å². The largest absolute Gasteiger partial charge is 0.353 e. The Morgan fingerprint density at radius 2 is 1.69 bits per heavy atom. The quantitative estimate of drug-likeness (QED) is 0.830. The number of thiophene rings is 1. The number of hydrogen-bond donors (Lipinski definition) is 0. The van der Waals surface area contributed by atoms with Gasteiger partial charge in [0.2, 0.25) is 5.95 Å². The summed E-state index contributed by atoms with van der Waals surface area (Å²) in [4.78, 5) is 29.4. The average Bonchev–Trinajstić information content (AvgIpc) is 3.32. The van der Waals surface area contributed by atoms with E-state index >= 15 is 0 Å². The molecule has 1 amide bonds. The maximum atomic E-state index is 12.6. The minimum Gasteiger partial charge on any atom is -0.353 e. The number of amides is 1. The van der Waals surface area contributed by atoms with Crippen LogP contribution in [-0.2, 0) is 0 Å². The molecule has 0 radical (unpaired) electrons. The van der Waals surface area contributed by atoms with Crippen LogP contribution in [0.15, 0.2) is 17.5 Å². The van der Waals surface area contributed by atoms with Gasteiger partial charge in [0.15, 0.2) is 0 Å². The maximum absolute atomic E-state index is 12.6. The molecule has 2 aliphatic rings. The Bertz CT molecular complexity index is 791. The lowest BCUT2D eigenvalue weighted by Gasteiger charge is -2.35. The average molecular weight is 372 g/mol. The van der Waals surface area contributed by atoms with E-state index in [4.69, 9.17) is 4.98 Å². The van der Waals surface area contributed by atoms with Crippen molar-refractivity contribution in [1.82, 2.24) is 14.9 Å². The van der Waals surface area contributed by atoms with Gasteiger partial charge in [0, 0.05) is 51.0 Å². The third kappa shape index (κ3) is 3.53. The molecule has 2 fully saturated rings. The summed E-state index contributed by atoms with van der Waals surface area (Å²) in [5.74, 6) is 1.99. The number of piperazine rings is 1. The van der Waals surface area contributed by atoms with E-state index in [0.717, 1.165) is 67.2 Å². The third-order valence-corrected chi connectivity index (χ3v) is 6.09. The summed E-state index contributed by atoms with van der Waals surface area (Å²) in [6.45, 7) is 9.24. The van der Waals surface area contributed by atoms with E-state index in [0.29, 0.717) is 0 Å². The standard InChI is InChI=1S/C19H25N5OS/c1-14-11-16(26-13-14)18(25)23-9-7-22(8-10-23)17-12-15(2)20-19(21-17)24-5-3-4-6-24/h11-13H,3-10H2,1-2H3. The fourth-order valence-corrected chi connectivity index (χ4v) is 4.46. The normalized spacial score (nSPS) is 17.8.